The Morgan fingerprint density at radius 2 is 1.93 bits per heavy atom. The summed E-state index contributed by atoms with van der Waals surface area (Å²) in [5.74, 6) is 0.625. The third-order valence-corrected chi connectivity index (χ3v) is 2.39. The molecule has 1 aromatic heterocycles. The molecule has 0 unspecified atom stereocenters. The topological polar surface area (TPSA) is 104 Å². The molecule has 1 aromatic rings. The minimum Gasteiger partial charge on any atom is -0.394 e. The van der Waals surface area contributed by atoms with Gasteiger partial charge in [-0.1, -0.05) is 6.92 Å². The Morgan fingerprint density at radius 3 is 2.40 bits per heavy atom. The Balaban J connectivity index is 2.88. The van der Waals surface area contributed by atoms with E-state index in [-0.39, 0.29) is 19.0 Å². The summed E-state index contributed by atoms with van der Waals surface area (Å²) in [4.78, 5) is 7.84. The van der Waals surface area contributed by atoms with Crippen molar-refractivity contribution in [2.24, 2.45) is 0 Å². The van der Waals surface area contributed by atoms with E-state index in [0.29, 0.717) is 12.2 Å². The van der Waals surface area contributed by atoms with Crippen molar-refractivity contribution in [3.63, 3.8) is 0 Å². The van der Waals surface area contributed by atoms with Crippen LogP contribution in [0.2, 0.25) is 0 Å². The predicted octanol–water partition coefficient (Wildman–Crippen LogP) is -0.396. The van der Waals surface area contributed by atoms with Crippen molar-refractivity contribution < 1.29 is 10.2 Å². The molecular formula is C9H16N4O2. The van der Waals surface area contributed by atoms with Crippen LogP contribution in [0.1, 0.15) is 13.3 Å². The van der Waals surface area contributed by atoms with Crippen molar-refractivity contribution >= 4 is 11.6 Å². The lowest BCUT2D eigenvalue weighted by Gasteiger charge is -2.30. The number of hydrogen-bond donors (Lipinski definition) is 4. The van der Waals surface area contributed by atoms with Crippen LogP contribution in [0.4, 0.5) is 11.6 Å². The Kier molecular flexibility index (Phi) is 3.81. The second-order valence-electron chi connectivity index (χ2n) is 3.37. The maximum Gasteiger partial charge on any atom is 0.169 e. The van der Waals surface area contributed by atoms with E-state index in [2.05, 4.69) is 15.3 Å². The molecule has 5 N–H and O–H groups in total. The second kappa shape index (κ2) is 4.90. The van der Waals surface area contributed by atoms with Gasteiger partial charge >= 0.3 is 0 Å². The van der Waals surface area contributed by atoms with Gasteiger partial charge in [0.25, 0.3) is 0 Å². The molecule has 0 atom stereocenters. The molecule has 1 heterocycles. The minimum absolute atomic E-state index is 0.198. The SMILES string of the molecule is CCC(CO)(CO)Nc1nccnc1N. The normalized spacial score (nSPS) is 11.4. The molecule has 15 heavy (non-hydrogen) atoms. The van der Waals surface area contributed by atoms with E-state index in [1.807, 2.05) is 6.92 Å². The third kappa shape index (κ3) is 2.54. The molecule has 0 aliphatic rings. The fraction of sp³-hybridized carbons (Fsp3) is 0.556. The summed E-state index contributed by atoms with van der Waals surface area (Å²) in [5, 5.41) is 21.3. The van der Waals surface area contributed by atoms with Gasteiger partial charge in [0.05, 0.1) is 18.8 Å². The highest BCUT2D eigenvalue weighted by Crippen LogP contribution is 2.19. The molecule has 0 saturated heterocycles. The smallest absolute Gasteiger partial charge is 0.169 e. The van der Waals surface area contributed by atoms with Crippen LogP contribution in [0.5, 0.6) is 0 Å². The lowest BCUT2D eigenvalue weighted by atomic mass is 9.98. The van der Waals surface area contributed by atoms with Crippen molar-refractivity contribution in [1.82, 2.24) is 9.97 Å². The molecule has 0 saturated carbocycles. The summed E-state index contributed by atoms with van der Waals surface area (Å²) < 4.78 is 0. The predicted molar refractivity (Wildman–Crippen MR) is 57.3 cm³/mol. The number of nitrogen functional groups attached to an aromatic ring is 1. The van der Waals surface area contributed by atoms with E-state index in [4.69, 9.17) is 5.73 Å². The molecule has 0 aromatic carbocycles. The highest BCUT2D eigenvalue weighted by atomic mass is 16.3. The molecule has 0 amide bonds. The van der Waals surface area contributed by atoms with Gasteiger partial charge in [0.15, 0.2) is 11.6 Å². The maximum atomic E-state index is 9.22. The standard InChI is InChI=1S/C9H16N4O2/c1-2-9(5-14,6-15)13-8-7(10)11-3-4-12-8/h3-4,14-15H,2,5-6H2,1H3,(H2,10,11)(H,12,13). The Hall–Kier alpha value is -1.40. The van der Waals surface area contributed by atoms with Crippen LogP contribution in [0.3, 0.4) is 0 Å². The number of nitrogens with one attached hydrogen (secondary N) is 1. The quantitative estimate of drug-likeness (QED) is 0.529. The van der Waals surface area contributed by atoms with E-state index >= 15 is 0 Å². The third-order valence-electron chi connectivity index (χ3n) is 2.39. The molecule has 0 aliphatic carbocycles. The lowest BCUT2D eigenvalue weighted by molar-refractivity contribution is 0.132. The molecule has 84 valence electrons. The fourth-order valence-electron chi connectivity index (χ4n) is 1.14. The first-order chi connectivity index (χ1) is 7.17. The number of hydrogen-bond acceptors (Lipinski definition) is 6. The molecule has 0 aliphatic heterocycles. The van der Waals surface area contributed by atoms with Crippen LogP contribution < -0.4 is 11.1 Å². The number of rotatable bonds is 5. The Morgan fingerprint density at radius 1 is 1.33 bits per heavy atom. The summed E-state index contributed by atoms with van der Waals surface area (Å²) in [7, 11) is 0. The molecule has 0 spiro atoms. The zero-order chi connectivity index (χ0) is 11.3. The monoisotopic (exact) mass is 212 g/mol. The highest BCUT2D eigenvalue weighted by Gasteiger charge is 2.27. The number of nitrogens with zero attached hydrogens (tertiary/aromatic N) is 2. The van der Waals surface area contributed by atoms with Gasteiger partial charge in [0.1, 0.15) is 0 Å². The van der Waals surface area contributed by atoms with E-state index < -0.39 is 5.54 Å². The zero-order valence-electron chi connectivity index (χ0n) is 8.64. The van der Waals surface area contributed by atoms with Crippen LogP contribution in [0.25, 0.3) is 0 Å². The van der Waals surface area contributed by atoms with Crippen LogP contribution in [-0.4, -0.2) is 38.9 Å². The number of anilines is 2. The van der Waals surface area contributed by atoms with Crippen LogP contribution in [0, 0.1) is 0 Å². The Bertz CT molecular complexity index is 306. The molecular weight excluding hydrogens is 196 g/mol. The molecule has 6 nitrogen and oxygen atoms in total. The zero-order valence-corrected chi connectivity index (χ0v) is 8.64. The summed E-state index contributed by atoms with van der Waals surface area (Å²) in [5.41, 5.74) is 4.79. The average Bonchev–Trinajstić information content (AvgIpc) is 2.29. The van der Waals surface area contributed by atoms with Crippen molar-refractivity contribution in [1.29, 1.82) is 0 Å². The van der Waals surface area contributed by atoms with Gasteiger partial charge in [-0.05, 0) is 6.42 Å². The largest absolute Gasteiger partial charge is 0.394 e. The van der Waals surface area contributed by atoms with Gasteiger partial charge in [0, 0.05) is 12.4 Å². The highest BCUT2D eigenvalue weighted by molar-refractivity contribution is 5.56. The molecule has 6 heteroatoms. The minimum atomic E-state index is -0.801. The van der Waals surface area contributed by atoms with Gasteiger partial charge in [-0.2, -0.15) is 0 Å². The first kappa shape index (κ1) is 11.7. The van der Waals surface area contributed by atoms with Crippen molar-refractivity contribution in [2.75, 3.05) is 24.3 Å². The van der Waals surface area contributed by atoms with Crippen LogP contribution >= 0.6 is 0 Å². The van der Waals surface area contributed by atoms with Crippen LogP contribution in [-0.2, 0) is 0 Å². The molecule has 0 fully saturated rings. The van der Waals surface area contributed by atoms with Crippen molar-refractivity contribution in [3.05, 3.63) is 12.4 Å². The van der Waals surface area contributed by atoms with Gasteiger partial charge in [0.2, 0.25) is 0 Å². The van der Waals surface area contributed by atoms with E-state index in [0.717, 1.165) is 0 Å². The van der Waals surface area contributed by atoms with Crippen molar-refractivity contribution in [3.8, 4) is 0 Å². The summed E-state index contributed by atoms with van der Waals surface area (Å²) >= 11 is 0. The molecule has 0 radical (unpaired) electrons. The first-order valence-electron chi connectivity index (χ1n) is 4.74. The summed E-state index contributed by atoms with van der Waals surface area (Å²) in [6.07, 6.45) is 3.52. The number of aromatic nitrogens is 2. The number of nitrogens with two attached hydrogens (primary N) is 1. The maximum absolute atomic E-state index is 9.22. The molecule has 1 rings (SSSR count). The van der Waals surface area contributed by atoms with Gasteiger partial charge < -0.3 is 21.3 Å². The van der Waals surface area contributed by atoms with Crippen LogP contribution in [0.15, 0.2) is 12.4 Å². The summed E-state index contributed by atoms with van der Waals surface area (Å²) in [6, 6.07) is 0. The number of aliphatic hydroxyl groups is 2. The second-order valence-corrected chi connectivity index (χ2v) is 3.37. The van der Waals surface area contributed by atoms with Crippen molar-refractivity contribution in [2.45, 2.75) is 18.9 Å². The lowest BCUT2D eigenvalue weighted by Crippen LogP contribution is -2.45. The van der Waals surface area contributed by atoms with Gasteiger partial charge in [-0.15, -0.1) is 0 Å². The summed E-state index contributed by atoms with van der Waals surface area (Å²) in [6.45, 7) is 1.46. The fourth-order valence-corrected chi connectivity index (χ4v) is 1.14. The number of aliphatic hydroxyl groups excluding tert-OH is 2. The molecule has 0 bridgehead atoms. The first-order valence-corrected chi connectivity index (χ1v) is 4.74. The van der Waals surface area contributed by atoms with E-state index in [1.54, 1.807) is 0 Å². The Labute approximate surface area is 88.2 Å². The van der Waals surface area contributed by atoms with Gasteiger partial charge in [-0.3, -0.25) is 0 Å². The van der Waals surface area contributed by atoms with Gasteiger partial charge in [-0.25, -0.2) is 9.97 Å². The van der Waals surface area contributed by atoms with E-state index in [9.17, 15) is 10.2 Å². The average molecular weight is 212 g/mol. The van der Waals surface area contributed by atoms with E-state index in [1.165, 1.54) is 12.4 Å².